The first-order chi connectivity index (χ1) is 9.56. The Kier molecular flexibility index (Phi) is 4.74. The van der Waals surface area contributed by atoms with Gasteiger partial charge in [-0.15, -0.1) is 0 Å². The maximum atomic E-state index is 13.0. The first-order valence-electron chi connectivity index (χ1n) is 6.07. The van der Waals surface area contributed by atoms with Gasteiger partial charge in [0, 0.05) is 23.8 Å². The average molecular weight is 337 g/mol. The van der Waals surface area contributed by atoms with Gasteiger partial charge in [0.25, 0.3) is 0 Å². The van der Waals surface area contributed by atoms with E-state index in [0.29, 0.717) is 12.2 Å². The van der Waals surface area contributed by atoms with Gasteiger partial charge in [0.15, 0.2) is 0 Å². The normalized spacial score (nSPS) is 10.2. The lowest BCUT2D eigenvalue weighted by Gasteiger charge is -2.18. The molecule has 3 nitrogen and oxygen atoms in total. The van der Waals surface area contributed by atoms with Gasteiger partial charge in [-0.25, -0.2) is 9.18 Å². The summed E-state index contributed by atoms with van der Waals surface area (Å²) in [7, 11) is 1.69. The van der Waals surface area contributed by atoms with Crippen molar-refractivity contribution in [3.63, 3.8) is 0 Å². The minimum absolute atomic E-state index is 0.286. The summed E-state index contributed by atoms with van der Waals surface area (Å²) in [5.41, 5.74) is 1.44. The predicted octanol–water partition coefficient (Wildman–Crippen LogP) is 4.25. The van der Waals surface area contributed by atoms with E-state index in [1.807, 2.05) is 24.3 Å². The van der Waals surface area contributed by atoms with Gasteiger partial charge in [0.05, 0.1) is 0 Å². The van der Waals surface area contributed by atoms with Gasteiger partial charge >= 0.3 is 6.03 Å². The van der Waals surface area contributed by atoms with Gasteiger partial charge in [-0.05, 0) is 29.8 Å². The lowest BCUT2D eigenvalue weighted by atomic mass is 10.2. The number of urea groups is 1. The number of hydrogen-bond donors (Lipinski definition) is 1. The summed E-state index contributed by atoms with van der Waals surface area (Å²) in [6, 6.07) is 13.2. The second-order valence-electron chi connectivity index (χ2n) is 4.39. The number of nitrogens with zero attached hydrogens (tertiary/aromatic N) is 1. The van der Waals surface area contributed by atoms with Crippen LogP contribution >= 0.6 is 15.9 Å². The van der Waals surface area contributed by atoms with E-state index in [2.05, 4.69) is 21.2 Å². The topological polar surface area (TPSA) is 32.3 Å². The summed E-state index contributed by atoms with van der Waals surface area (Å²) in [6.07, 6.45) is 0. The average Bonchev–Trinajstić information content (AvgIpc) is 2.41. The van der Waals surface area contributed by atoms with Crippen molar-refractivity contribution in [3.05, 3.63) is 64.4 Å². The molecule has 2 rings (SSSR count). The van der Waals surface area contributed by atoms with Crippen LogP contribution in [0.4, 0.5) is 14.9 Å². The van der Waals surface area contributed by atoms with E-state index in [9.17, 15) is 9.18 Å². The smallest absolute Gasteiger partial charge is 0.321 e. The Morgan fingerprint density at radius 3 is 2.70 bits per heavy atom. The number of nitrogens with one attached hydrogen (secondary N) is 1. The standard InChI is InChI=1S/C15H14BrFN2O/c1-19(10-11-5-2-3-8-14(11)16)15(20)18-13-7-4-6-12(17)9-13/h2-9H,10H2,1H3,(H,18,20). The highest BCUT2D eigenvalue weighted by atomic mass is 79.9. The van der Waals surface area contributed by atoms with Crippen LogP contribution in [0.1, 0.15) is 5.56 Å². The van der Waals surface area contributed by atoms with Gasteiger partial charge < -0.3 is 10.2 Å². The van der Waals surface area contributed by atoms with Crippen molar-refractivity contribution in [2.45, 2.75) is 6.54 Å². The molecule has 5 heteroatoms. The lowest BCUT2D eigenvalue weighted by molar-refractivity contribution is 0.220. The lowest BCUT2D eigenvalue weighted by Crippen LogP contribution is -2.30. The summed E-state index contributed by atoms with van der Waals surface area (Å²) in [5.74, 6) is -0.378. The Labute approximate surface area is 125 Å². The molecule has 0 aromatic heterocycles. The van der Waals surface area contributed by atoms with E-state index >= 15 is 0 Å². The molecule has 2 aromatic carbocycles. The molecular formula is C15H14BrFN2O. The zero-order valence-corrected chi connectivity index (χ0v) is 12.5. The van der Waals surface area contributed by atoms with Crippen LogP contribution in [0.3, 0.4) is 0 Å². The zero-order valence-electron chi connectivity index (χ0n) is 10.9. The van der Waals surface area contributed by atoms with Crippen LogP contribution in [0.2, 0.25) is 0 Å². The predicted molar refractivity (Wildman–Crippen MR) is 81.0 cm³/mol. The Balaban J connectivity index is 2.01. The third kappa shape index (κ3) is 3.81. The molecule has 0 radical (unpaired) electrons. The quantitative estimate of drug-likeness (QED) is 0.892. The van der Waals surface area contributed by atoms with E-state index in [1.54, 1.807) is 19.2 Å². The van der Waals surface area contributed by atoms with Crippen LogP contribution in [0.15, 0.2) is 53.0 Å². The molecule has 20 heavy (non-hydrogen) atoms. The van der Waals surface area contributed by atoms with E-state index in [4.69, 9.17) is 0 Å². The number of carbonyl (C=O) groups is 1. The van der Waals surface area contributed by atoms with E-state index in [1.165, 1.54) is 17.0 Å². The van der Waals surface area contributed by atoms with Crippen molar-refractivity contribution >= 4 is 27.6 Å². The monoisotopic (exact) mass is 336 g/mol. The van der Waals surface area contributed by atoms with Crippen LogP contribution in [0.5, 0.6) is 0 Å². The summed E-state index contributed by atoms with van der Waals surface area (Å²) in [4.78, 5) is 13.5. The maximum absolute atomic E-state index is 13.0. The van der Waals surface area contributed by atoms with Crippen LogP contribution in [0.25, 0.3) is 0 Å². The number of amides is 2. The Morgan fingerprint density at radius 1 is 1.25 bits per heavy atom. The molecule has 1 N–H and O–H groups in total. The molecule has 104 valence electrons. The van der Waals surface area contributed by atoms with E-state index in [-0.39, 0.29) is 11.8 Å². The number of hydrogen-bond acceptors (Lipinski definition) is 1. The van der Waals surface area contributed by atoms with Crippen molar-refractivity contribution in [3.8, 4) is 0 Å². The molecule has 2 amide bonds. The van der Waals surface area contributed by atoms with Gasteiger partial charge in [-0.1, -0.05) is 40.2 Å². The molecule has 0 unspecified atom stereocenters. The molecule has 0 aliphatic carbocycles. The molecule has 2 aromatic rings. The molecule has 0 fully saturated rings. The van der Waals surface area contributed by atoms with E-state index < -0.39 is 0 Å². The fourth-order valence-corrected chi connectivity index (χ4v) is 2.15. The number of benzene rings is 2. The zero-order chi connectivity index (χ0) is 14.5. The molecule has 0 atom stereocenters. The number of carbonyl (C=O) groups excluding carboxylic acids is 1. The first-order valence-corrected chi connectivity index (χ1v) is 6.86. The van der Waals surface area contributed by atoms with Gasteiger partial charge in [0.1, 0.15) is 5.82 Å². The highest BCUT2D eigenvalue weighted by Gasteiger charge is 2.11. The van der Waals surface area contributed by atoms with Crippen molar-refractivity contribution in [2.75, 3.05) is 12.4 Å². The summed E-state index contributed by atoms with van der Waals surface area (Å²) in [5, 5.41) is 2.65. The number of anilines is 1. The Hall–Kier alpha value is -1.88. The Morgan fingerprint density at radius 2 is 2.00 bits per heavy atom. The highest BCUT2D eigenvalue weighted by molar-refractivity contribution is 9.10. The largest absolute Gasteiger partial charge is 0.323 e. The van der Waals surface area contributed by atoms with Crippen molar-refractivity contribution in [1.82, 2.24) is 4.90 Å². The molecule has 0 bridgehead atoms. The van der Waals surface area contributed by atoms with Gasteiger partial charge in [0.2, 0.25) is 0 Å². The summed E-state index contributed by atoms with van der Waals surface area (Å²) >= 11 is 3.44. The fourth-order valence-electron chi connectivity index (χ4n) is 1.74. The Bertz CT molecular complexity index is 618. The summed E-state index contributed by atoms with van der Waals surface area (Å²) < 4.78 is 14.0. The number of halogens is 2. The maximum Gasteiger partial charge on any atom is 0.321 e. The second kappa shape index (κ2) is 6.52. The third-order valence-corrected chi connectivity index (χ3v) is 3.56. The highest BCUT2D eigenvalue weighted by Crippen LogP contribution is 2.18. The molecule has 0 spiro atoms. The fraction of sp³-hybridized carbons (Fsp3) is 0.133. The third-order valence-electron chi connectivity index (χ3n) is 2.79. The van der Waals surface area contributed by atoms with Crippen molar-refractivity contribution < 1.29 is 9.18 Å². The minimum atomic E-state index is -0.378. The minimum Gasteiger partial charge on any atom is -0.323 e. The van der Waals surface area contributed by atoms with Gasteiger partial charge in [-0.3, -0.25) is 0 Å². The second-order valence-corrected chi connectivity index (χ2v) is 5.24. The van der Waals surface area contributed by atoms with Crippen LogP contribution in [0, 0.1) is 5.82 Å². The molecule has 0 saturated carbocycles. The molecule has 0 saturated heterocycles. The van der Waals surface area contributed by atoms with E-state index in [0.717, 1.165) is 10.0 Å². The van der Waals surface area contributed by atoms with Gasteiger partial charge in [-0.2, -0.15) is 0 Å². The van der Waals surface area contributed by atoms with Crippen LogP contribution in [-0.4, -0.2) is 18.0 Å². The van der Waals surface area contributed by atoms with Crippen LogP contribution < -0.4 is 5.32 Å². The molecule has 0 aliphatic rings. The SMILES string of the molecule is CN(Cc1ccccc1Br)C(=O)Nc1cccc(F)c1. The molecule has 0 aliphatic heterocycles. The van der Waals surface area contributed by atoms with Crippen molar-refractivity contribution in [1.29, 1.82) is 0 Å². The van der Waals surface area contributed by atoms with Crippen molar-refractivity contribution in [2.24, 2.45) is 0 Å². The number of rotatable bonds is 3. The first kappa shape index (κ1) is 14.5. The molecule has 0 heterocycles. The van der Waals surface area contributed by atoms with Crippen LogP contribution in [-0.2, 0) is 6.54 Å². The molecular weight excluding hydrogens is 323 g/mol. The summed E-state index contributed by atoms with van der Waals surface area (Å²) in [6.45, 7) is 0.461.